The van der Waals surface area contributed by atoms with E-state index in [1.54, 1.807) is 34.7 Å². The van der Waals surface area contributed by atoms with E-state index in [1.165, 1.54) is 5.56 Å². The lowest BCUT2D eigenvalue weighted by Gasteiger charge is -2.16. The number of benzene rings is 1. The van der Waals surface area contributed by atoms with Crippen LogP contribution in [0.2, 0.25) is 0 Å². The first-order valence-electron chi connectivity index (χ1n) is 8.55. The van der Waals surface area contributed by atoms with Crippen LogP contribution in [0.1, 0.15) is 18.4 Å². The van der Waals surface area contributed by atoms with Crippen LogP contribution in [0.15, 0.2) is 57.0 Å². The summed E-state index contributed by atoms with van der Waals surface area (Å²) in [5, 5.41) is 1.24. The minimum atomic E-state index is -0.0460. The number of fused-ring (bicyclic) bond motifs is 1. The molecule has 0 bridgehead atoms. The number of rotatable bonds is 5. The summed E-state index contributed by atoms with van der Waals surface area (Å²) in [7, 11) is 0. The van der Waals surface area contributed by atoms with Crippen molar-refractivity contribution in [3.05, 3.63) is 63.0 Å². The van der Waals surface area contributed by atoms with Crippen molar-refractivity contribution in [1.82, 2.24) is 14.5 Å². The molecule has 1 atom stereocenters. The molecule has 1 unspecified atom stereocenters. The fourth-order valence-corrected chi connectivity index (χ4v) is 4.46. The zero-order valence-electron chi connectivity index (χ0n) is 14.1. The van der Waals surface area contributed by atoms with E-state index in [0.717, 1.165) is 29.7 Å². The Bertz CT molecular complexity index is 986. The molecule has 4 rings (SSSR count). The second-order valence-corrected chi connectivity index (χ2v) is 8.10. The number of aromatic nitrogens is 3. The van der Waals surface area contributed by atoms with Crippen molar-refractivity contribution < 1.29 is 4.74 Å². The number of thioether (sulfide) groups is 1. The molecular weight excluding hydrogens is 414 g/mol. The number of nitrogens with zero attached hydrogens (tertiary/aromatic N) is 3. The van der Waals surface area contributed by atoms with Gasteiger partial charge in [-0.1, -0.05) is 39.8 Å². The molecule has 134 valence electrons. The zero-order chi connectivity index (χ0) is 17.9. The molecule has 0 spiro atoms. The maximum absolute atomic E-state index is 13.0. The van der Waals surface area contributed by atoms with Gasteiger partial charge in [-0.2, -0.15) is 0 Å². The molecule has 3 heterocycles. The van der Waals surface area contributed by atoms with Crippen LogP contribution in [0.5, 0.6) is 0 Å². The lowest BCUT2D eigenvalue weighted by molar-refractivity contribution is 0.0937. The van der Waals surface area contributed by atoms with Crippen LogP contribution in [-0.4, -0.2) is 27.2 Å². The van der Waals surface area contributed by atoms with E-state index in [9.17, 15) is 4.79 Å². The molecule has 26 heavy (non-hydrogen) atoms. The second-order valence-electron chi connectivity index (χ2n) is 6.24. The molecular formula is C19H18BrN3O2S. The van der Waals surface area contributed by atoms with Gasteiger partial charge in [-0.05, 0) is 42.7 Å². The first kappa shape index (κ1) is 17.7. The number of ether oxygens (including phenoxy) is 1. The molecule has 1 aromatic carbocycles. The van der Waals surface area contributed by atoms with Crippen molar-refractivity contribution in [2.24, 2.45) is 0 Å². The van der Waals surface area contributed by atoms with Crippen LogP contribution in [0.4, 0.5) is 0 Å². The van der Waals surface area contributed by atoms with Crippen LogP contribution in [0.3, 0.4) is 0 Å². The monoisotopic (exact) mass is 431 g/mol. The van der Waals surface area contributed by atoms with E-state index in [1.807, 2.05) is 12.1 Å². The van der Waals surface area contributed by atoms with E-state index in [4.69, 9.17) is 4.74 Å². The van der Waals surface area contributed by atoms with Crippen LogP contribution < -0.4 is 5.56 Å². The quantitative estimate of drug-likeness (QED) is 0.450. The Morgan fingerprint density at radius 2 is 2.23 bits per heavy atom. The third-order valence-electron chi connectivity index (χ3n) is 4.36. The maximum Gasteiger partial charge on any atom is 0.263 e. The molecule has 1 fully saturated rings. The molecule has 0 N–H and O–H groups in total. The molecule has 5 nitrogen and oxygen atoms in total. The van der Waals surface area contributed by atoms with Gasteiger partial charge in [-0.3, -0.25) is 9.36 Å². The van der Waals surface area contributed by atoms with E-state index < -0.39 is 0 Å². The number of hydrogen-bond donors (Lipinski definition) is 0. The fourth-order valence-electron chi connectivity index (χ4n) is 3.07. The number of pyridine rings is 1. The molecule has 0 saturated carbocycles. The van der Waals surface area contributed by atoms with Crippen molar-refractivity contribution in [3.63, 3.8) is 0 Å². The summed E-state index contributed by atoms with van der Waals surface area (Å²) in [6.45, 7) is 1.31. The topological polar surface area (TPSA) is 57.0 Å². The van der Waals surface area contributed by atoms with Crippen molar-refractivity contribution in [3.8, 4) is 0 Å². The van der Waals surface area contributed by atoms with Gasteiger partial charge in [0, 0.05) is 23.0 Å². The first-order valence-corrected chi connectivity index (χ1v) is 10.3. The van der Waals surface area contributed by atoms with Gasteiger partial charge in [0.05, 0.1) is 18.0 Å². The highest BCUT2D eigenvalue weighted by Crippen LogP contribution is 2.24. The number of halogens is 1. The molecule has 0 amide bonds. The third-order valence-corrected chi connectivity index (χ3v) is 5.90. The van der Waals surface area contributed by atoms with Crippen molar-refractivity contribution in [2.45, 2.75) is 36.4 Å². The van der Waals surface area contributed by atoms with Crippen LogP contribution >= 0.6 is 27.7 Å². The van der Waals surface area contributed by atoms with Gasteiger partial charge in [0.1, 0.15) is 0 Å². The minimum Gasteiger partial charge on any atom is -0.376 e. The fraction of sp³-hybridized carbons (Fsp3) is 0.316. The van der Waals surface area contributed by atoms with Gasteiger partial charge in [-0.15, -0.1) is 0 Å². The van der Waals surface area contributed by atoms with Crippen molar-refractivity contribution in [2.75, 3.05) is 6.61 Å². The van der Waals surface area contributed by atoms with E-state index >= 15 is 0 Å². The summed E-state index contributed by atoms with van der Waals surface area (Å²) in [5.41, 5.74) is 1.62. The SMILES string of the molecule is O=c1c2cccnc2nc(SCc2cccc(Br)c2)n1CC1CCCO1. The van der Waals surface area contributed by atoms with E-state index in [0.29, 0.717) is 22.7 Å². The molecule has 2 aromatic heterocycles. The van der Waals surface area contributed by atoms with Gasteiger partial charge < -0.3 is 4.74 Å². The highest BCUT2D eigenvalue weighted by molar-refractivity contribution is 9.10. The average molecular weight is 432 g/mol. The summed E-state index contributed by atoms with van der Waals surface area (Å²) in [6.07, 6.45) is 3.77. The Hall–Kier alpha value is -1.70. The summed E-state index contributed by atoms with van der Waals surface area (Å²) >= 11 is 5.06. The third kappa shape index (κ3) is 3.84. The van der Waals surface area contributed by atoms with E-state index in [-0.39, 0.29) is 11.7 Å². The minimum absolute atomic E-state index is 0.0460. The molecule has 7 heteroatoms. The molecule has 0 radical (unpaired) electrons. The highest BCUT2D eigenvalue weighted by Gasteiger charge is 2.20. The highest BCUT2D eigenvalue weighted by atomic mass is 79.9. The predicted octanol–water partition coefficient (Wildman–Crippen LogP) is 4.03. The standard InChI is InChI=1S/C19H18BrN3O2S/c20-14-5-1-4-13(10-14)12-26-19-22-17-16(7-2-8-21-17)18(24)23(19)11-15-6-3-9-25-15/h1-2,4-5,7-8,10,15H,3,6,9,11-12H2. The Morgan fingerprint density at radius 3 is 3.04 bits per heavy atom. The largest absolute Gasteiger partial charge is 0.376 e. The normalized spacial score (nSPS) is 17.0. The Kier molecular flexibility index (Phi) is 5.38. The van der Waals surface area contributed by atoms with E-state index in [2.05, 4.69) is 38.0 Å². The van der Waals surface area contributed by atoms with Gasteiger partial charge in [-0.25, -0.2) is 9.97 Å². The van der Waals surface area contributed by atoms with Crippen LogP contribution in [-0.2, 0) is 17.0 Å². The summed E-state index contributed by atoms with van der Waals surface area (Å²) in [4.78, 5) is 21.9. The summed E-state index contributed by atoms with van der Waals surface area (Å²) < 4.78 is 8.53. The first-order chi connectivity index (χ1) is 12.7. The van der Waals surface area contributed by atoms with Gasteiger partial charge in [0.15, 0.2) is 10.8 Å². The Balaban J connectivity index is 1.69. The molecule has 1 aliphatic heterocycles. The van der Waals surface area contributed by atoms with Crippen LogP contribution in [0.25, 0.3) is 11.0 Å². The van der Waals surface area contributed by atoms with Crippen LogP contribution in [0, 0.1) is 0 Å². The maximum atomic E-state index is 13.0. The molecule has 1 saturated heterocycles. The summed E-state index contributed by atoms with van der Waals surface area (Å²) in [6, 6.07) is 11.7. The molecule has 0 aliphatic carbocycles. The number of hydrogen-bond acceptors (Lipinski definition) is 5. The summed E-state index contributed by atoms with van der Waals surface area (Å²) in [5.74, 6) is 0.732. The predicted molar refractivity (Wildman–Crippen MR) is 106 cm³/mol. The second kappa shape index (κ2) is 7.90. The van der Waals surface area contributed by atoms with Gasteiger partial charge >= 0.3 is 0 Å². The van der Waals surface area contributed by atoms with Crippen molar-refractivity contribution >= 4 is 38.7 Å². The smallest absolute Gasteiger partial charge is 0.263 e. The molecule has 1 aliphatic rings. The lowest BCUT2D eigenvalue weighted by Crippen LogP contribution is -2.29. The zero-order valence-corrected chi connectivity index (χ0v) is 16.5. The Morgan fingerprint density at radius 1 is 1.31 bits per heavy atom. The van der Waals surface area contributed by atoms with Gasteiger partial charge in [0.2, 0.25) is 0 Å². The molecule has 3 aromatic rings. The Labute approximate surface area is 163 Å². The van der Waals surface area contributed by atoms with Crippen molar-refractivity contribution in [1.29, 1.82) is 0 Å². The lowest BCUT2D eigenvalue weighted by atomic mass is 10.2. The van der Waals surface area contributed by atoms with Gasteiger partial charge in [0.25, 0.3) is 5.56 Å². The average Bonchev–Trinajstić information content (AvgIpc) is 3.16.